The van der Waals surface area contributed by atoms with Crippen molar-refractivity contribution in [2.24, 2.45) is 9.98 Å². The summed E-state index contributed by atoms with van der Waals surface area (Å²) in [6, 6.07) is 0. The molecule has 0 aromatic rings. The molecule has 0 aliphatic rings. The van der Waals surface area contributed by atoms with Gasteiger partial charge < -0.3 is 0 Å². The van der Waals surface area contributed by atoms with E-state index in [0.29, 0.717) is 11.8 Å². The molecule has 0 bridgehead atoms. The second-order valence-corrected chi connectivity index (χ2v) is 4.09. The Labute approximate surface area is 91.3 Å². The van der Waals surface area contributed by atoms with Crippen LogP contribution in [-0.4, -0.2) is 33.6 Å². The Morgan fingerprint density at radius 2 is 1.33 bits per heavy atom. The first kappa shape index (κ1) is 12.3. The molecule has 0 atom stereocenters. The number of hydrogen-bond donors (Lipinski definition) is 0. The smallest absolute Gasteiger partial charge is 0.0947 e. The number of hydrogen-bond acceptors (Lipinski definition) is 6. The lowest BCUT2D eigenvalue weighted by Crippen LogP contribution is -1.85. The van der Waals surface area contributed by atoms with E-state index in [0.717, 1.165) is 11.5 Å². The van der Waals surface area contributed by atoms with E-state index in [1.54, 1.807) is 23.5 Å². The molecule has 0 heterocycles. The first-order valence-electron chi connectivity index (χ1n) is 3.14. The van der Waals surface area contributed by atoms with Crippen LogP contribution < -0.4 is 0 Å². The van der Waals surface area contributed by atoms with Gasteiger partial charge in [0.1, 0.15) is 0 Å². The van der Waals surface area contributed by atoms with Crippen molar-refractivity contribution in [3.05, 3.63) is 0 Å². The van der Waals surface area contributed by atoms with Crippen molar-refractivity contribution in [2.45, 2.75) is 0 Å². The molecule has 2 nitrogen and oxygen atoms in total. The van der Waals surface area contributed by atoms with E-state index >= 15 is 0 Å². The third-order valence-electron chi connectivity index (χ3n) is 0.813. The Balaban J connectivity index is 3.00. The summed E-state index contributed by atoms with van der Waals surface area (Å²) in [6.45, 7) is 0. The summed E-state index contributed by atoms with van der Waals surface area (Å²) in [7, 11) is 0. The van der Waals surface area contributed by atoms with E-state index in [4.69, 9.17) is 0 Å². The molecule has 0 aliphatic carbocycles. The Hall–Kier alpha value is 0.300. The maximum Gasteiger partial charge on any atom is 0.0947 e. The van der Waals surface area contributed by atoms with Gasteiger partial charge >= 0.3 is 0 Å². The van der Waals surface area contributed by atoms with E-state index in [2.05, 4.69) is 44.7 Å². The highest BCUT2D eigenvalue weighted by Crippen LogP contribution is 2.06. The summed E-state index contributed by atoms with van der Waals surface area (Å²) in [4.78, 5) is 7.54. The fourth-order valence-electron chi connectivity index (χ4n) is 0.391. The third kappa shape index (κ3) is 10.3. The minimum Gasteiger partial charge on any atom is -0.222 e. The van der Waals surface area contributed by atoms with Crippen LogP contribution in [0.1, 0.15) is 0 Å². The summed E-state index contributed by atoms with van der Waals surface area (Å²) in [5.74, 6) is 3.53. The number of nitrogens with zero attached hydrogens (tertiary/aromatic N) is 2. The summed E-state index contributed by atoms with van der Waals surface area (Å²) in [5, 5.41) is 4.63. The zero-order chi connectivity index (χ0) is 9.07. The van der Waals surface area contributed by atoms with Crippen LogP contribution in [-0.2, 0) is 0 Å². The largest absolute Gasteiger partial charge is 0.222 e. The number of aliphatic imine (C=N–C) groups is 2. The molecule has 0 N–H and O–H groups in total. The average molecular weight is 236 g/mol. The Morgan fingerprint density at radius 3 is 1.67 bits per heavy atom. The molecule has 0 saturated carbocycles. The fraction of sp³-hybridized carbons (Fsp3) is 0.667. The highest BCUT2D eigenvalue weighted by molar-refractivity contribution is 8.02. The molecule has 0 saturated heterocycles. The Morgan fingerprint density at radius 1 is 0.917 bits per heavy atom. The zero-order valence-corrected chi connectivity index (χ0v) is 9.62. The summed E-state index contributed by atoms with van der Waals surface area (Å²) in [6.07, 6.45) is 0. The molecule has 0 aliphatic heterocycles. The lowest BCUT2D eigenvalue weighted by molar-refractivity contribution is 1.38. The quantitative estimate of drug-likeness (QED) is 0.385. The minimum atomic E-state index is 0.709. The van der Waals surface area contributed by atoms with Crippen LogP contribution in [0.15, 0.2) is 9.98 Å². The Kier molecular flexibility index (Phi) is 11.6. The SMILES string of the molecule is S=C=NCSCCSCN=C=S. The maximum atomic E-state index is 4.42. The van der Waals surface area contributed by atoms with Gasteiger partial charge in [0.25, 0.3) is 0 Å². The summed E-state index contributed by atoms with van der Waals surface area (Å²) in [5.41, 5.74) is 0. The van der Waals surface area contributed by atoms with Gasteiger partial charge in [-0.25, -0.2) is 9.98 Å². The first-order valence-corrected chi connectivity index (χ1v) is 6.27. The van der Waals surface area contributed by atoms with E-state index in [9.17, 15) is 0 Å². The molecule has 0 rings (SSSR count). The topological polar surface area (TPSA) is 24.7 Å². The van der Waals surface area contributed by atoms with Crippen LogP contribution in [0.4, 0.5) is 0 Å². The Bertz CT molecular complexity index is 172. The van der Waals surface area contributed by atoms with E-state index in [-0.39, 0.29) is 0 Å². The maximum absolute atomic E-state index is 4.42. The van der Waals surface area contributed by atoms with E-state index < -0.39 is 0 Å². The normalized spacial score (nSPS) is 8.33. The van der Waals surface area contributed by atoms with Crippen LogP contribution in [0.2, 0.25) is 0 Å². The van der Waals surface area contributed by atoms with Crippen LogP contribution >= 0.6 is 48.0 Å². The predicted molar refractivity (Wildman–Crippen MR) is 64.7 cm³/mol. The van der Waals surface area contributed by atoms with Gasteiger partial charge in [-0.15, -0.1) is 23.5 Å². The zero-order valence-electron chi connectivity index (χ0n) is 6.36. The van der Waals surface area contributed by atoms with Gasteiger partial charge in [-0.1, -0.05) is 0 Å². The molecule has 6 heteroatoms. The van der Waals surface area contributed by atoms with Crippen molar-refractivity contribution in [1.29, 1.82) is 0 Å². The molecule has 0 unspecified atom stereocenters. The van der Waals surface area contributed by atoms with Crippen molar-refractivity contribution in [3.8, 4) is 0 Å². The van der Waals surface area contributed by atoms with Crippen LogP contribution in [0.3, 0.4) is 0 Å². The van der Waals surface area contributed by atoms with Gasteiger partial charge in [0.05, 0.1) is 22.1 Å². The average Bonchev–Trinajstić information content (AvgIpc) is 2.10. The van der Waals surface area contributed by atoms with Gasteiger partial charge in [-0.05, 0) is 24.4 Å². The standard InChI is InChI=1S/C6H8N2S4/c9-3-7-5-11-1-2-12-6-8-4-10/h1-2,5-6H2. The lowest BCUT2D eigenvalue weighted by Gasteiger charge is -1.94. The summed E-state index contributed by atoms with van der Waals surface area (Å²) < 4.78 is 0. The fourth-order valence-corrected chi connectivity index (χ4v) is 2.20. The van der Waals surface area contributed by atoms with Gasteiger partial charge in [0.15, 0.2) is 0 Å². The van der Waals surface area contributed by atoms with E-state index in [1.807, 2.05) is 0 Å². The molecule has 0 radical (unpaired) electrons. The highest BCUT2D eigenvalue weighted by atomic mass is 32.2. The van der Waals surface area contributed by atoms with Gasteiger partial charge in [-0.3, -0.25) is 0 Å². The number of isothiocyanates is 2. The van der Waals surface area contributed by atoms with Crippen molar-refractivity contribution in [1.82, 2.24) is 0 Å². The molecule has 66 valence electrons. The van der Waals surface area contributed by atoms with Crippen molar-refractivity contribution < 1.29 is 0 Å². The number of thioether (sulfide) groups is 2. The molecule has 0 spiro atoms. The van der Waals surface area contributed by atoms with Crippen LogP contribution in [0.25, 0.3) is 0 Å². The molecule has 0 aromatic heterocycles. The molecule has 0 fully saturated rings. The minimum absolute atomic E-state index is 0.709. The van der Waals surface area contributed by atoms with Crippen molar-refractivity contribution >= 4 is 58.3 Å². The second kappa shape index (κ2) is 11.3. The number of thiocarbonyl (C=S) groups is 2. The van der Waals surface area contributed by atoms with Crippen molar-refractivity contribution in [3.63, 3.8) is 0 Å². The monoisotopic (exact) mass is 236 g/mol. The van der Waals surface area contributed by atoms with Crippen LogP contribution in [0, 0.1) is 0 Å². The molecular formula is C6H8N2S4. The second-order valence-electron chi connectivity index (χ2n) is 1.57. The van der Waals surface area contributed by atoms with E-state index in [1.165, 1.54) is 0 Å². The third-order valence-corrected chi connectivity index (χ3v) is 2.94. The van der Waals surface area contributed by atoms with Gasteiger partial charge in [-0.2, -0.15) is 0 Å². The molecule has 12 heavy (non-hydrogen) atoms. The molecular weight excluding hydrogens is 228 g/mol. The first-order chi connectivity index (χ1) is 5.91. The summed E-state index contributed by atoms with van der Waals surface area (Å²) >= 11 is 12.3. The van der Waals surface area contributed by atoms with Crippen molar-refractivity contribution in [2.75, 3.05) is 23.3 Å². The van der Waals surface area contributed by atoms with Gasteiger partial charge in [0.2, 0.25) is 0 Å². The predicted octanol–water partition coefficient (Wildman–Crippen LogP) is 2.57. The van der Waals surface area contributed by atoms with Crippen LogP contribution in [0.5, 0.6) is 0 Å². The number of rotatable bonds is 7. The molecule has 0 amide bonds. The van der Waals surface area contributed by atoms with Gasteiger partial charge in [0, 0.05) is 11.5 Å². The lowest BCUT2D eigenvalue weighted by atomic mass is 11.0. The highest BCUT2D eigenvalue weighted by Gasteiger charge is 1.87. The molecule has 0 aromatic carbocycles.